The summed E-state index contributed by atoms with van der Waals surface area (Å²) in [5.41, 5.74) is 19.1. The Labute approximate surface area is 309 Å². The summed E-state index contributed by atoms with van der Waals surface area (Å²) in [6.45, 7) is 0. The first-order valence-electron chi connectivity index (χ1n) is 18.4. The largest absolute Gasteiger partial charge is 0.248 e. The molecule has 0 saturated heterocycles. The molecular formula is C52H33N. The number of fused-ring (bicyclic) bond motifs is 11. The van der Waals surface area contributed by atoms with Gasteiger partial charge in [0.25, 0.3) is 0 Å². The first-order valence-corrected chi connectivity index (χ1v) is 18.4. The molecule has 2 aliphatic rings. The molecule has 1 heterocycles. The second-order valence-electron chi connectivity index (χ2n) is 14.2. The predicted molar refractivity (Wildman–Crippen MR) is 220 cm³/mol. The summed E-state index contributed by atoms with van der Waals surface area (Å²) in [6.07, 6.45) is 0. The zero-order valence-electron chi connectivity index (χ0n) is 29.0. The van der Waals surface area contributed by atoms with Gasteiger partial charge in [0.15, 0.2) is 0 Å². The molecule has 0 bridgehead atoms. The summed E-state index contributed by atoms with van der Waals surface area (Å²) < 4.78 is 0. The predicted octanol–water partition coefficient (Wildman–Crippen LogP) is 13.2. The lowest BCUT2D eigenvalue weighted by Crippen LogP contribution is -2.25. The summed E-state index contributed by atoms with van der Waals surface area (Å²) in [7, 11) is 0. The third-order valence-corrected chi connectivity index (χ3v) is 11.5. The first-order chi connectivity index (χ1) is 26.3. The molecule has 1 spiro atoms. The van der Waals surface area contributed by atoms with E-state index >= 15 is 0 Å². The lowest BCUT2D eigenvalue weighted by Gasteiger charge is -2.30. The lowest BCUT2D eigenvalue weighted by molar-refractivity contribution is 0.794. The molecule has 53 heavy (non-hydrogen) atoms. The maximum Gasteiger partial charge on any atom is 0.0725 e. The van der Waals surface area contributed by atoms with Crippen LogP contribution in [0.15, 0.2) is 200 Å². The van der Waals surface area contributed by atoms with E-state index < -0.39 is 5.41 Å². The summed E-state index contributed by atoms with van der Waals surface area (Å²) in [6, 6.07) is 73.2. The van der Waals surface area contributed by atoms with E-state index in [4.69, 9.17) is 4.98 Å². The molecule has 1 heteroatoms. The van der Waals surface area contributed by atoms with Crippen molar-refractivity contribution < 1.29 is 0 Å². The van der Waals surface area contributed by atoms with Gasteiger partial charge in [-0.3, -0.25) is 0 Å². The normalized spacial score (nSPS) is 13.1. The van der Waals surface area contributed by atoms with Gasteiger partial charge in [0.2, 0.25) is 0 Å². The Morgan fingerprint density at radius 2 is 0.755 bits per heavy atom. The zero-order chi connectivity index (χ0) is 34.9. The number of hydrogen-bond acceptors (Lipinski definition) is 1. The first kappa shape index (κ1) is 29.9. The van der Waals surface area contributed by atoms with E-state index in [-0.39, 0.29) is 0 Å². The molecule has 246 valence electrons. The Morgan fingerprint density at radius 1 is 0.302 bits per heavy atom. The van der Waals surface area contributed by atoms with Gasteiger partial charge in [-0.25, -0.2) is 4.98 Å². The third kappa shape index (κ3) is 4.35. The van der Waals surface area contributed by atoms with Crippen molar-refractivity contribution in [1.29, 1.82) is 0 Å². The quantitative estimate of drug-likeness (QED) is 0.181. The zero-order valence-corrected chi connectivity index (χ0v) is 29.0. The molecular weight excluding hydrogens is 639 g/mol. The van der Waals surface area contributed by atoms with Crippen LogP contribution in [0.5, 0.6) is 0 Å². The molecule has 0 aliphatic heterocycles. The maximum atomic E-state index is 5.57. The molecule has 1 nitrogen and oxygen atoms in total. The van der Waals surface area contributed by atoms with Crippen molar-refractivity contribution in [3.63, 3.8) is 0 Å². The Kier molecular flexibility index (Phi) is 6.53. The monoisotopic (exact) mass is 671 g/mol. The van der Waals surface area contributed by atoms with E-state index in [1.807, 2.05) is 0 Å². The van der Waals surface area contributed by atoms with Crippen molar-refractivity contribution >= 4 is 10.8 Å². The Hall–Kier alpha value is -6.83. The van der Waals surface area contributed by atoms with Crippen LogP contribution in [-0.4, -0.2) is 4.98 Å². The van der Waals surface area contributed by atoms with Gasteiger partial charge in [0.05, 0.1) is 16.8 Å². The summed E-state index contributed by atoms with van der Waals surface area (Å²) >= 11 is 0. The highest BCUT2D eigenvalue weighted by Gasteiger charge is 2.52. The summed E-state index contributed by atoms with van der Waals surface area (Å²) in [5.74, 6) is 0. The average Bonchev–Trinajstić information content (AvgIpc) is 3.71. The molecule has 1 aromatic heterocycles. The number of benzene rings is 8. The lowest BCUT2D eigenvalue weighted by atomic mass is 9.70. The van der Waals surface area contributed by atoms with Crippen molar-refractivity contribution in [2.45, 2.75) is 5.41 Å². The highest BCUT2D eigenvalue weighted by molar-refractivity contribution is 6.01. The van der Waals surface area contributed by atoms with Crippen LogP contribution >= 0.6 is 0 Å². The van der Waals surface area contributed by atoms with Crippen molar-refractivity contribution in [2.24, 2.45) is 0 Å². The Bertz CT molecular complexity index is 2830. The number of nitrogens with zero attached hydrogens (tertiary/aromatic N) is 1. The molecule has 8 aromatic carbocycles. The van der Waals surface area contributed by atoms with E-state index in [0.717, 1.165) is 33.6 Å². The second-order valence-corrected chi connectivity index (χ2v) is 14.2. The minimum absolute atomic E-state index is 0.404. The SMILES string of the molecule is c1ccc(-c2ccc(-c3cc(-c4cccc5c4-c4ccccc4C54c5ccccc5-c5ccccc54)nc(-c4cccc5ccccc45)c3)cc2)cc1. The number of rotatable bonds is 4. The van der Waals surface area contributed by atoms with Crippen LogP contribution in [0.3, 0.4) is 0 Å². The van der Waals surface area contributed by atoms with E-state index in [0.29, 0.717) is 0 Å². The van der Waals surface area contributed by atoms with Gasteiger partial charge in [-0.05, 0) is 89.7 Å². The molecule has 9 aromatic rings. The molecule has 0 saturated carbocycles. The van der Waals surface area contributed by atoms with Gasteiger partial charge in [-0.15, -0.1) is 0 Å². The fourth-order valence-corrected chi connectivity index (χ4v) is 9.26. The molecule has 0 atom stereocenters. The number of pyridine rings is 1. The fourth-order valence-electron chi connectivity index (χ4n) is 9.26. The van der Waals surface area contributed by atoms with Crippen LogP contribution in [0.4, 0.5) is 0 Å². The van der Waals surface area contributed by atoms with Gasteiger partial charge in [0.1, 0.15) is 0 Å². The van der Waals surface area contributed by atoms with Gasteiger partial charge in [0, 0.05) is 11.1 Å². The van der Waals surface area contributed by atoms with Gasteiger partial charge in [-0.2, -0.15) is 0 Å². The third-order valence-electron chi connectivity index (χ3n) is 11.5. The molecule has 0 N–H and O–H groups in total. The Morgan fingerprint density at radius 3 is 1.47 bits per heavy atom. The molecule has 0 amide bonds. The van der Waals surface area contributed by atoms with Crippen LogP contribution in [-0.2, 0) is 5.41 Å². The number of aromatic nitrogens is 1. The number of hydrogen-bond donors (Lipinski definition) is 0. The van der Waals surface area contributed by atoms with Crippen LogP contribution in [0, 0.1) is 0 Å². The Balaban J connectivity index is 1.18. The molecule has 0 fully saturated rings. The van der Waals surface area contributed by atoms with E-state index in [2.05, 4.69) is 200 Å². The van der Waals surface area contributed by atoms with E-state index in [9.17, 15) is 0 Å². The smallest absolute Gasteiger partial charge is 0.0725 e. The van der Waals surface area contributed by atoms with Crippen molar-refractivity contribution in [3.8, 4) is 67.0 Å². The van der Waals surface area contributed by atoms with Gasteiger partial charge < -0.3 is 0 Å². The highest BCUT2D eigenvalue weighted by atomic mass is 14.7. The molecule has 2 aliphatic carbocycles. The standard InChI is InChI=1S/C52H33N/c1-2-14-34(15-3-1)35-28-30-36(31-29-35)38-32-49(42-22-12-17-37-16-4-5-18-39(37)42)53-50(33-38)44-23-13-27-48-51(44)43-21-8-11-26-47(43)52(48)45-24-9-6-19-40(45)41-20-7-10-25-46(41)52/h1-33H. The van der Waals surface area contributed by atoms with Crippen LogP contribution < -0.4 is 0 Å². The van der Waals surface area contributed by atoms with Crippen molar-refractivity contribution in [2.75, 3.05) is 0 Å². The summed E-state index contributed by atoms with van der Waals surface area (Å²) in [5, 5.41) is 2.41. The maximum absolute atomic E-state index is 5.57. The van der Waals surface area contributed by atoms with Crippen molar-refractivity contribution in [1.82, 2.24) is 4.98 Å². The van der Waals surface area contributed by atoms with Crippen LogP contribution in [0.2, 0.25) is 0 Å². The van der Waals surface area contributed by atoms with E-state index in [1.54, 1.807) is 0 Å². The summed E-state index contributed by atoms with van der Waals surface area (Å²) in [4.78, 5) is 5.57. The topological polar surface area (TPSA) is 12.9 Å². The van der Waals surface area contributed by atoms with Crippen LogP contribution in [0.25, 0.3) is 77.8 Å². The molecule has 11 rings (SSSR count). The molecule has 0 radical (unpaired) electrons. The van der Waals surface area contributed by atoms with Crippen LogP contribution in [0.1, 0.15) is 22.3 Å². The highest BCUT2D eigenvalue weighted by Crippen LogP contribution is 2.63. The van der Waals surface area contributed by atoms with Gasteiger partial charge >= 0.3 is 0 Å². The minimum atomic E-state index is -0.404. The minimum Gasteiger partial charge on any atom is -0.248 e. The molecule has 0 unspecified atom stereocenters. The average molecular weight is 672 g/mol. The fraction of sp³-hybridized carbons (Fsp3) is 0.0192. The van der Waals surface area contributed by atoms with Gasteiger partial charge in [-0.1, -0.05) is 188 Å². The van der Waals surface area contributed by atoms with E-state index in [1.165, 1.54) is 66.4 Å². The second kappa shape index (κ2) is 11.6. The van der Waals surface area contributed by atoms with Crippen molar-refractivity contribution in [3.05, 3.63) is 222 Å².